The van der Waals surface area contributed by atoms with E-state index in [-0.39, 0.29) is 0 Å². The van der Waals surface area contributed by atoms with Crippen molar-refractivity contribution in [2.45, 2.75) is 25.3 Å². The van der Waals surface area contributed by atoms with E-state index in [2.05, 4.69) is 22.2 Å². The quantitative estimate of drug-likeness (QED) is 0.871. The molecule has 1 aliphatic carbocycles. The highest BCUT2D eigenvalue weighted by atomic mass is 15.3. The van der Waals surface area contributed by atoms with Gasteiger partial charge in [0.2, 0.25) is 0 Å². The van der Waals surface area contributed by atoms with Crippen LogP contribution in [-0.4, -0.2) is 14.8 Å². The molecule has 4 heteroatoms. The first-order valence-electron chi connectivity index (χ1n) is 5.98. The Morgan fingerprint density at radius 2 is 2.00 bits per heavy atom. The van der Waals surface area contributed by atoms with Gasteiger partial charge in [0, 0.05) is 25.1 Å². The van der Waals surface area contributed by atoms with Gasteiger partial charge in [0.1, 0.15) is 0 Å². The molecule has 4 nitrogen and oxygen atoms in total. The molecule has 1 aromatic heterocycles. The van der Waals surface area contributed by atoms with Crippen molar-refractivity contribution >= 4 is 0 Å². The summed E-state index contributed by atoms with van der Waals surface area (Å²) in [5.41, 5.74) is 7.83. The summed E-state index contributed by atoms with van der Waals surface area (Å²) in [7, 11) is 1.95. The van der Waals surface area contributed by atoms with E-state index < -0.39 is 0 Å². The lowest BCUT2D eigenvalue weighted by Gasteiger charge is -2.01. The number of aryl methyl sites for hydroxylation is 1. The predicted octanol–water partition coefficient (Wildman–Crippen LogP) is 1.82. The van der Waals surface area contributed by atoms with Crippen molar-refractivity contribution in [1.82, 2.24) is 14.8 Å². The van der Waals surface area contributed by atoms with Gasteiger partial charge in [0.05, 0.1) is 0 Å². The number of hydrogen-bond acceptors (Lipinski definition) is 3. The van der Waals surface area contributed by atoms with Gasteiger partial charge in [0.15, 0.2) is 11.6 Å². The largest absolute Gasteiger partial charge is 0.326 e. The lowest BCUT2D eigenvalue weighted by molar-refractivity contribution is 0.750. The van der Waals surface area contributed by atoms with Crippen LogP contribution < -0.4 is 5.73 Å². The van der Waals surface area contributed by atoms with Crippen LogP contribution in [0.2, 0.25) is 0 Å². The summed E-state index contributed by atoms with van der Waals surface area (Å²) < 4.78 is 1.87. The molecule has 17 heavy (non-hydrogen) atoms. The summed E-state index contributed by atoms with van der Waals surface area (Å²) in [4.78, 5) is 4.62. The summed E-state index contributed by atoms with van der Waals surface area (Å²) in [5, 5.41) is 4.47. The third-order valence-corrected chi connectivity index (χ3v) is 3.17. The fourth-order valence-corrected chi connectivity index (χ4v) is 1.96. The van der Waals surface area contributed by atoms with Crippen LogP contribution in [0.25, 0.3) is 11.4 Å². The van der Waals surface area contributed by atoms with E-state index in [1.807, 2.05) is 23.9 Å². The molecule has 0 atom stereocenters. The average molecular weight is 228 g/mol. The molecule has 1 fully saturated rings. The molecule has 0 bridgehead atoms. The van der Waals surface area contributed by atoms with Gasteiger partial charge in [-0.1, -0.05) is 24.3 Å². The monoisotopic (exact) mass is 228 g/mol. The van der Waals surface area contributed by atoms with E-state index in [1.165, 1.54) is 12.8 Å². The minimum atomic E-state index is 0.576. The fraction of sp³-hybridized carbons (Fsp3) is 0.385. The summed E-state index contributed by atoms with van der Waals surface area (Å²) in [5.74, 6) is 2.53. The molecule has 2 aromatic rings. The first-order chi connectivity index (χ1) is 8.28. The standard InChI is InChI=1S/C13H16N4/c1-17-13(15-12(16-17)10-6-7-10)11-4-2-9(8-14)3-5-11/h2-5,10H,6-8,14H2,1H3. The van der Waals surface area contributed by atoms with Crippen molar-refractivity contribution < 1.29 is 0 Å². The lowest BCUT2D eigenvalue weighted by atomic mass is 10.1. The Balaban J connectivity index is 1.95. The lowest BCUT2D eigenvalue weighted by Crippen LogP contribution is -1.97. The van der Waals surface area contributed by atoms with Crippen molar-refractivity contribution in [3.8, 4) is 11.4 Å². The van der Waals surface area contributed by atoms with Crippen molar-refractivity contribution in [1.29, 1.82) is 0 Å². The van der Waals surface area contributed by atoms with E-state index >= 15 is 0 Å². The van der Waals surface area contributed by atoms with Crippen LogP contribution >= 0.6 is 0 Å². The highest BCUT2D eigenvalue weighted by Crippen LogP contribution is 2.38. The van der Waals surface area contributed by atoms with Crippen LogP contribution in [0, 0.1) is 0 Å². The molecule has 2 N–H and O–H groups in total. The Labute approximate surface area is 100 Å². The molecular weight excluding hydrogens is 212 g/mol. The number of rotatable bonds is 3. The van der Waals surface area contributed by atoms with Crippen LogP contribution in [0.4, 0.5) is 0 Å². The Morgan fingerprint density at radius 1 is 1.29 bits per heavy atom. The van der Waals surface area contributed by atoms with E-state index in [0.29, 0.717) is 12.5 Å². The smallest absolute Gasteiger partial charge is 0.158 e. The van der Waals surface area contributed by atoms with Crippen LogP contribution in [0.5, 0.6) is 0 Å². The minimum Gasteiger partial charge on any atom is -0.326 e. The van der Waals surface area contributed by atoms with E-state index in [4.69, 9.17) is 5.73 Å². The number of nitrogens with two attached hydrogens (primary N) is 1. The van der Waals surface area contributed by atoms with Gasteiger partial charge >= 0.3 is 0 Å². The van der Waals surface area contributed by atoms with Crippen molar-refractivity contribution in [3.05, 3.63) is 35.7 Å². The molecule has 1 heterocycles. The van der Waals surface area contributed by atoms with Gasteiger partial charge in [-0.2, -0.15) is 5.10 Å². The minimum absolute atomic E-state index is 0.576. The summed E-state index contributed by atoms with van der Waals surface area (Å²) in [6, 6.07) is 8.20. The maximum atomic E-state index is 5.59. The van der Waals surface area contributed by atoms with Crippen molar-refractivity contribution in [3.63, 3.8) is 0 Å². The maximum Gasteiger partial charge on any atom is 0.158 e. The van der Waals surface area contributed by atoms with Crippen molar-refractivity contribution in [2.24, 2.45) is 12.8 Å². The molecule has 1 saturated carbocycles. The zero-order chi connectivity index (χ0) is 11.8. The van der Waals surface area contributed by atoms with Gasteiger partial charge in [-0.05, 0) is 18.4 Å². The first kappa shape index (κ1) is 10.5. The van der Waals surface area contributed by atoms with Gasteiger partial charge in [-0.15, -0.1) is 0 Å². The Morgan fingerprint density at radius 3 is 2.59 bits per heavy atom. The van der Waals surface area contributed by atoms with E-state index in [9.17, 15) is 0 Å². The fourth-order valence-electron chi connectivity index (χ4n) is 1.96. The van der Waals surface area contributed by atoms with Gasteiger partial charge in [-0.3, -0.25) is 0 Å². The van der Waals surface area contributed by atoms with Crippen LogP contribution in [0.15, 0.2) is 24.3 Å². The number of nitrogens with zero attached hydrogens (tertiary/aromatic N) is 3. The van der Waals surface area contributed by atoms with Crippen molar-refractivity contribution in [2.75, 3.05) is 0 Å². The molecule has 1 aromatic carbocycles. The molecule has 0 saturated heterocycles. The Bertz CT molecular complexity index is 523. The van der Waals surface area contributed by atoms with E-state index in [0.717, 1.165) is 22.8 Å². The molecule has 88 valence electrons. The Kier molecular flexibility index (Phi) is 2.44. The van der Waals surface area contributed by atoms with Crippen LogP contribution in [-0.2, 0) is 13.6 Å². The third kappa shape index (κ3) is 1.96. The molecule has 0 radical (unpaired) electrons. The number of aromatic nitrogens is 3. The highest BCUT2D eigenvalue weighted by Gasteiger charge is 2.28. The van der Waals surface area contributed by atoms with Gasteiger partial charge in [-0.25, -0.2) is 9.67 Å². The molecular formula is C13H16N4. The molecule has 0 unspecified atom stereocenters. The number of hydrogen-bond donors (Lipinski definition) is 1. The maximum absolute atomic E-state index is 5.59. The molecule has 1 aliphatic rings. The Hall–Kier alpha value is -1.68. The SMILES string of the molecule is Cn1nc(C2CC2)nc1-c1ccc(CN)cc1. The van der Waals surface area contributed by atoms with E-state index in [1.54, 1.807) is 0 Å². The van der Waals surface area contributed by atoms with Gasteiger partial charge < -0.3 is 5.73 Å². The van der Waals surface area contributed by atoms with Crippen LogP contribution in [0.1, 0.15) is 30.1 Å². The summed E-state index contributed by atoms with van der Waals surface area (Å²) >= 11 is 0. The normalized spacial score (nSPS) is 15.2. The zero-order valence-corrected chi connectivity index (χ0v) is 9.93. The highest BCUT2D eigenvalue weighted by molar-refractivity contribution is 5.55. The average Bonchev–Trinajstić information content (AvgIpc) is 3.13. The molecule has 0 amide bonds. The molecule has 0 aliphatic heterocycles. The zero-order valence-electron chi connectivity index (χ0n) is 9.93. The van der Waals surface area contributed by atoms with Crippen LogP contribution in [0.3, 0.4) is 0 Å². The second-order valence-electron chi connectivity index (χ2n) is 4.59. The number of benzene rings is 1. The second-order valence-corrected chi connectivity index (χ2v) is 4.59. The molecule has 3 rings (SSSR count). The summed E-state index contributed by atoms with van der Waals surface area (Å²) in [6.45, 7) is 0.576. The third-order valence-electron chi connectivity index (χ3n) is 3.17. The first-order valence-corrected chi connectivity index (χ1v) is 5.98. The molecule has 0 spiro atoms. The topological polar surface area (TPSA) is 56.7 Å². The summed E-state index contributed by atoms with van der Waals surface area (Å²) in [6.07, 6.45) is 2.46. The predicted molar refractivity (Wildman–Crippen MR) is 66.3 cm³/mol. The van der Waals surface area contributed by atoms with Gasteiger partial charge in [0.25, 0.3) is 0 Å². The second kappa shape index (κ2) is 3.96.